The molecule has 0 aliphatic carbocycles. The summed E-state index contributed by atoms with van der Waals surface area (Å²) in [6, 6.07) is 2.32. The molecule has 0 saturated heterocycles. The molecule has 0 aliphatic heterocycles. The molecule has 0 heterocycles. The van der Waals surface area contributed by atoms with E-state index in [9.17, 15) is 20.0 Å². The topological polar surface area (TPSA) is 129 Å². The molecule has 96 valence electrons. The molecule has 0 amide bonds. The van der Waals surface area contributed by atoms with Crippen LogP contribution in [-0.2, 0) is 0 Å². The molecule has 1 rings (SSSR count). The average molecular weight is 260 g/mol. The molecule has 0 saturated carbocycles. The Balaban J connectivity index is 3.08. The van der Waals surface area contributed by atoms with Gasteiger partial charge < -0.3 is 5.11 Å². The Bertz CT molecular complexity index is 624. The fourth-order valence-corrected chi connectivity index (χ4v) is 1.26. The van der Waals surface area contributed by atoms with Crippen LogP contribution in [0.15, 0.2) is 17.2 Å². The highest BCUT2D eigenvalue weighted by atomic mass is 16.6. The lowest BCUT2D eigenvalue weighted by atomic mass is 10.1. The fraction of sp³-hybridized carbons (Fsp3) is 0.182. The van der Waals surface area contributed by atoms with Crippen molar-refractivity contribution in [1.82, 2.24) is 0 Å². The monoisotopic (exact) mass is 260 g/mol. The number of rotatable bonds is 4. The second-order valence-corrected chi connectivity index (χ2v) is 3.31. The first kappa shape index (κ1) is 14.0. The Morgan fingerprint density at radius 3 is 2.89 bits per heavy atom. The van der Waals surface area contributed by atoms with Crippen LogP contribution in [0.25, 0.3) is 10.4 Å². The third-order valence-electron chi connectivity index (χ3n) is 2.08. The minimum Gasteiger partial charge on any atom is -0.502 e. The normalized spacial score (nSPS) is 8.84. The van der Waals surface area contributed by atoms with E-state index in [1.54, 1.807) is 0 Å². The van der Waals surface area contributed by atoms with Gasteiger partial charge in [-0.2, -0.15) is 0 Å². The van der Waals surface area contributed by atoms with Crippen molar-refractivity contribution in [2.24, 2.45) is 5.11 Å². The number of hydrogen-bond donors (Lipinski definition) is 1. The van der Waals surface area contributed by atoms with Gasteiger partial charge in [0.25, 0.3) is 0 Å². The SMILES string of the molecule is [N-]=[N+]=NCCC#Cc1cc(C=O)c(O)c([N+](=O)[O-])c1. The molecule has 1 aromatic carbocycles. The van der Waals surface area contributed by atoms with Crippen molar-refractivity contribution in [3.8, 4) is 17.6 Å². The highest BCUT2D eigenvalue weighted by Crippen LogP contribution is 2.29. The quantitative estimate of drug-likeness (QED) is 0.130. The first-order valence-corrected chi connectivity index (χ1v) is 5.06. The molecule has 8 nitrogen and oxygen atoms in total. The van der Waals surface area contributed by atoms with E-state index in [4.69, 9.17) is 5.53 Å². The maximum absolute atomic E-state index is 10.7. The minimum absolute atomic E-state index is 0.185. The number of phenols is 1. The van der Waals surface area contributed by atoms with Gasteiger partial charge in [-0.05, 0) is 11.6 Å². The maximum Gasteiger partial charge on any atom is 0.312 e. The van der Waals surface area contributed by atoms with Crippen LogP contribution < -0.4 is 0 Å². The van der Waals surface area contributed by atoms with Crippen LogP contribution in [0.3, 0.4) is 0 Å². The predicted molar refractivity (Wildman–Crippen MR) is 65.7 cm³/mol. The third-order valence-corrected chi connectivity index (χ3v) is 2.08. The van der Waals surface area contributed by atoms with Crippen molar-refractivity contribution < 1.29 is 14.8 Å². The van der Waals surface area contributed by atoms with Crippen molar-refractivity contribution in [3.05, 3.63) is 43.8 Å². The molecule has 0 unspecified atom stereocenters. The molecule has 0 bridgehead atoms. The first-order chi connectivity index (χ1) is 9.10. The maximum atomic E-state index is 10.7. The van der Waals surface area contributed by atoms with E-state index >= 15 is 0 Å². The predicted octanol–water partition coefficient (Wildman–Crippen LogP) is 2.16. The Kier molecular flexibility index (Phi) is 4.90. The molecule has 1 N–H and O–H groups in total. The minimum atomic E-state index is -0.798. The van der Waals surface area contributed by atoms with Crippen LogP contribution in [0, 0.1) is 22.0 Å². The van der Waals surface area contributed by atoms with Gasteiger partial charge in [0.1, 0.15) is 0 Å². The van der Waals surface area contributed by atoms with Crippen LogP contribution in [0.1, 0.15) is 22.3 Å². The van der Waals surface area contributed by atoms with Gasteiger partial charge in [-0.1, -0.05) is 17.0 Å². The van der Waals surface area contributed by atoms with Gasteiger partial charge in [-0.15, -0.1) is 0 Å². The van der Waals surface area contributed by atoms with Crippen LogP contribution in [-0.4, -0.2) is 22.9 Å². The number of nitrogens with zero attached hydrogens (tertiary/aromatic N) is 4. The van der Waals surface area contributed by atoms with E-state index in [1.807, 2.05) is 0 Å². The number of aldehydes is 1. The number of nitro groups is 1. The van der Waals surface area contributed by atoms with Gasteiger partial charge in [-0.3, -0.25) is 14.9 Å². The molecule has 0 fully saturated rings. The smallest absolute Gasteiger partial charge is 0.312 e. The number of benzene rings is 1. The lowest BCUT2D eigenvalue weighted by molar-refractivity contribution is -0.385. The Labute approximate surface area is 107 Å². The molecular formula is C11H8N4O4. The fourth-order valence-electron chi connectivity index (χ4n) is 1.26. The summed E-state index contributed by atoms with van der Waals surface area (Å²) in [5.74, 6) is 4.55. The summed E-state index contributed by atoms with van der Waals surface area (Å²) in [6.07, 6.45) is 0.600. The van der Waals surface area contributed by atoms with E-state index in [-0.39, 0.29) is 24.1 Å². The summed E-state index contributed by atoms with van der Waals surface area (Å²) in [4.78, 5) is 23.1. The third kappa shape index (κ3) is 3.73. The largest absolute Gasteiger partial charge is 0.502 e. The number of carbonyl (C=O) groups is 1. The zero-order chi connectivity index (χ0) is 14.3. The molecule has 0 aromatic heterocycles. The summed E-state index contributed by atoms with van der Waals surface area (Å²) in [5.41, 5.74) is 7.50. The van der Waals surface area contributed by atoms with Crippen molar-refractivity contribution >= 4 is 12.0 Å². The highest BCUT2D eigenvalue weighted by molar-refractivity contribution is 5.83. The van der Waals surface area contributed by atoms with Gasteiger partial charge in [0.05, 0.1) is 10.5 Å². The Morgan fingerprint density at radius 1 is 1.58 bits per heavy atom. The average Bonchev–Trinajstić information content (AvgIpc) is 2.39. The number of carbonyl (C=O) groups excluding carboxylic acids is 1. The second-order valence-electron chi connectivity index (χ2n) is 3.31. The Hall–Kier alpha value is -3.04. The summed E-state index contributed by atoms with van der Waals surface area (Å²) >= 11 is 0. The number of phenolic OH excluding ortho intramolecular Hbond substituents is 1. The molecular weight excluding hydrogens is 252 g/mol. The van der Waals surface area contributed by atoms with Gasteiger partial charge in [0.2, 0.25) is 5.75 Å². The first-order valence-electron chi connectivity index (χ1n) is 5.06. The van der Waals surface area contributed by atoms with E-state index < -0.39 is 16.4 Å². The van der Waals surface area contributed by atoms with Crippen molar-refractivity contribution in [3.63, 3.8) is 0 Å². The number of azide groups is 1. The van der Waals surface area contributed by atoms with E-state index in [1.165, 1.54) is 6.07 Å². The van der Waals surface area contributed by atoms with E-state index in [0.29, 0.717) is 6.29 Å². The van der Waals surface area contributed by atoms with Gasteiger partial charge in [-0.25, -0.2) is 0 Å². The highest BCUT2D eigenvalue weighted by Gasteiger charge is 2.18. The van der Waals surface area contributed by atoms with Crippen molar-refractivity contribution in [2.45, 2.75) is 6.42 Å². The Morgan fingerprint density at radius 2 is 2.32 bits per heavy atom. The van der Waals surface area contributed by atoms with E-state index in [0.717, 1.165) is 6.07 Å². The number of aromatic hydroxyl groups is 1. The summed E-state index contributed by atoms with van der Waals surface area (Å²) in [7, 11) is 0. The molecule has 0 atom stereocenters. The van der Waals surface area contributed by atoms with Gasteiger partial charge >= 0.3 is 5.69 Å². The molecule has 8 heteroatoms. The second kappa shape index (κ2) is 6.64. The lowest BCUT2D eigenvalue weighted by Crippen LogP contribution is -1.93. The van der Waals surface area contributed by atoms with E-state index in [2.05, 4.69) is 21.9 Å². The summed E-state index contributed by atoms with van der Waals surface area (Å²) in [6.45, 7) is 0.185. The zero-order valence-corrected chi connectivity index (χ0v) is 9.61. The standard InChI is InChI=1S/C11H8N4O4/c12-14-13-4-2-1-3-8-5-9(7-16)11(17)10(6-8)15(18)19/h5-7,17H,2,4H2. The summed E-state index contributed by atoms with van der Waals surface area (Å²) in [5, 5.41) is 23.4. The van der Waals surface area contributed by atoms with Crippen molar-refractivity contribution in [2.75, 3.05) is 6.54 Å². The van der Waals surface area contributed by atoms with Crippen LogP contribution in [0.4, 0.5) is 5.69 Å². The number of hydrogen-bond acceptors (Lipinski definition) is 5. The van der Waals surface area contributed by atoms with Crippen LogP contribution >= 0.6 is 0 Å². The van der Waals surface area contributed by atoms with Crippen molar-refractivity contribution in [1.29, 1.82) is 0 Å². The number of nitro benzene ring substituents is 1. The van der Waals surface area contributed by atoms with Gasteiger partial charge in [0, 0.05) is 29.5 Å². The zero-order valence-electron chi connectivity index (χ0n) is 9.61. The summed E-state index contributed by atoms with van der Waals surface area (Å²) < 4.78 is 0. The molecule has 0 aliphatic rings. The van der Waals surface area contributed by atoms with Crippen LogP contribution in [0.5, 0.6) is 5.75 Å². The molecule has 0 spiro atoms. The molecule has 1 aromatic rings. The molecule has 0 radical (unpaired) electrons. The molecule has 19 heavy (non-hydrogen) atoms. The van der Waals surface area contributed by atoms with Gasteiger partial charge in [0.15, 0.2) is 6.29 Å². The van der Waals surface area contributed by atoms with Crippen LogP contribution in [0.2, 0.25) is 0 Å². The lowest BCUT2D eigenvalue weighted by Gasteiger charge is -2.00.